The number of aryl methyl sites for hydroxylation is 3. The average molecular weight is 333 g/mol. The molecule has 2 aromatic heterocycles. The van der Waals surface area contributed by atoms with Gasteiger partial charge in [0.2, 0.25) is 0 Å². The van der Waals surface area contributed by atoms with E-state index in [0.29, 0.717) is 16.3 Å². The fraction of sp³-hybridized carbons (Fsp3) is 0.438. The van der Waals surface area contributed by atoms with Crippen LogP contribution in [0.3, 0.4) is 0 Å². The quantitative estimate of drug-likeness (QED) is 0.877. The van der Waals surface area contributed by atoms with Crippen molar-refractivity contribution in [1.29, 1.82) is 0 Å². The van der Waals surface area contributed by atoms with Gasteiger partial charge in [0.1, 0.15) is 5.00 Å². The highest BCUT2D eigenvalue weighted by Crippen LogP contribution is 2.38. The molecular weight excluding hydrogens is 314 g/mol. The van der Waals surface area contributed by atoms with E-state index in [-0.39, 0.29) is 5.91 Å². The molecule has 1 aliphatic rings. The summed E-state index contributed by atoms with van der Waals surface area (Å²) in [7, 11) is 3.15. The van der Waals surface area contributed by atoms with Crippen molar-refractivity contribution in [1.82, 2.24) is 9.78 Å². The number of anilines is 1. The van der Waals surface area contributed by atoms with Crippen molar-refractivity contribution in [3.8, 4) is 0 Å². The van der Waals surface area contributed by atoms with Crippen LogP contribution in [-0.4, -0.2) is 28.8 Å². The number of ether oxygens (including phenoxy) is 1. The first-order valence-corrected chi connectivity index (χ1v) is 8.37. The first kappa shape index (κ1) is 15.7. The maximum Gasteiger partial charge on any atom is 0.341 e. The molecule has 0 bridgehead atoms. The number of carbonyl (C=O) groups is 2. The molecule has 0 saturated heterocycles. The van der Waals surface area contributed by atoms with Crippen LogP contribution in [0.5, 0.6) is 0 Å². The summed E-state index contributed by atoms with van der Waals surface area (Å²) in [5, 5.41) is 7.59. The standard InChI is InChI=1S/C16H19N3O3S/c1-9-8-11(18-19(9)2)14(20)17-15-13(16(21)22-3)10-6-4-5-7-12(10)23-15/h8H,4-7H2,1-3H3,(H,17,20). The molecule has 1 amide bonds. The molecule has 1 N–H and O–H groups in total. The smallest absolute Gasteiger partial charge is 0.341 e. The lowest BCUT2D eigenvalue weighted by Gasteiger charge is -2.11. The molecular formula is C16H19N3O3S. The highest BCUT2D eigenvalue weighted by Gasteiger charge is 2.27. The van der Waals surface area contributed by atoms with Crippen molar-refractivity contribution >= 4 is 28.2 Å². The van der Waals surface area contributed by atoms with Gasteiger partial charge in [-0.2, -0.15) is 5.10 Å². The molecule has 0 spiro atoms. The van der Waals surface area contributed by atoms with Crippen molar-refractivity contribution in [2.24, 2.45) is 7.05 Å². The van der Waals surface area contributed by atoms with Crippen LogP contribution in [0.2, 0.25) is 0 Å². The molecule has 0 radical (unpaired) electrons. The van der Waals surface area contributed by atoms with E-state index in [2.05, 4.69) is 10.4 Å². The Bertz CT molecular complexity index is 756. The molecule has 122 valence electrons. The normalized spacial score (nSPS) is 13.5. The molecule has 0 aliphatic heterocycles. The van der Waals surface area contributed by atoms with Crippen LogP contribution in [0.15, 0.2) is 6.07 Å². The third kappa shape index (κ3) is 2.88. The Balaban J connectivity index is 1.94. The number of amides is 1. The predicted molar refractivity (Wildman–Crippen MR) is 88.2 cm³/mol. The van der Waals surface area contributed by atoms with Gasteiger partial charge in [-0.1, -0.05) is 0 Å². The van der Waals surface area contributed by atoms with Crippen LogP contribution in [0, 0.1) is 6.92 Å². The Labute approximate surface area is 138 Å². The fourth-order valence-corrected chi connectivity index (χ4v) is 4.08. The number of hydrogen-bond acceptors (Lipinski definition) is 5. The first-order valence-electron chi connectivity index (χ1n) is 7.56. The van der Waals surface area contributed by atoms with Gasteiger partial charge in [0.15, 0.2) is 5.69 Å². The number of fused-ring (bicyclic) bond motifs is 1. The van der Waals surface area contributed by atoms with Crippen LogP contribution in [0.1, 0.15) is 49.8 Å². The maximum atomic E-state index is 12.4. The van der Waals surface area contributed by atoms with E-state index in [0.717, 1.165) is 36.9 Å². The monoisotopic (exact) mass is 333 g/mol. The lowest BCUT2D eigenvalue weighted by atomic mass is 9.95. The minimum Gasteiger partial charge on any atom is -0.465 e. The summed E-state index contributed by atoms with van der Waals surface area (Å²) in [6, 6.07) is 1.72. The second-order valence-electron chi connectivity index (χ2n) is 5.66. The summed E-state index contributed by atoms with van der Waals surface area (Å²) < 4.78 is 6.56. The zero-order chi connectivity index (χ0) is 16.6. The molecule has 1 aliphatic carbocycles. The zero-order valence-electron chi connectivity index (χ0n) is 13.4. The first-order chi connectivity index (χ1) is 11.0. The highest BCUT2D eigenvalue weighted by molar-refractivity contribution is 7.17. The number of nitrogens with zero attached hydrogens (tertiary/aromatic N) is 2. The molecule has 0 saturated carbocycles. The van der Waals surface area contributed by atoms with E-state index in [1.165, 1.54) is 23.3 Å². The summed E-state index contributed by atoms with van der Waals surface area (Å²) in [5.41, 5.74) is 2.77. The van der Waals surface area contributed by atoms with Crippen LogP contribution in [-0.2, 0) is 24.6 Å². The zero-order valence-corrected chi connectivity index (χ0v) is 14.2. The largest absolute Gasteiger partial charge is 0.465 e. The molecule has 7 heteroatoms. The number of nitrogens with one attached hydrogen (secondary N) is 1. The van der Waals surface area contributed by atoms with E-state index in [1.54, 1.807) is 17.8 Å². The Morgan fingerprint density at radius 3 is 2.74 bits per heavy atom. The summed E-state index contributed by atoms with van der Waals surface area (Å²) in [5.74, 6) is -0.700. The van der Waals surface area contributed by atoms with Gasteiger partial charge in [-0.15, -0.1) is 11.3 Å². The Morgan fingerprint density at radius 2 is 2.09 bits per heavy atom. The highest BCUT2D eigenvalue weighted by atomic mass is 32.1. The minimum absolute atomic E-state index is 0.308. The molecule has 6 nitrogen and oxygen atoms in total. The van der Waals surface area contributed by atoms with E-state index in [1.807, 2.05) is 6.92 Å². The van der Waals surface area contributed by atoms with Gasteiger partial charge in [-0.25, -0.2) is 4.79 Å². The van der Waals surface area contributed by atoms with Crippen molar-refractivity contribution in [3.05, 3.63) is 33.5 Å². The molecule has 0 unspecified atom stereocenters. The van der Waals surface area contributed by atoms with Crippen molar-refractivity contribution < 1.29 is 14.3 Å². The van der Waals surface area contributed by atoms with Gasteiger partial charge >= 0.3 is 5.97 Å². The third-order valence-electron chi connectivity index (χ3n) is 4.13. The topological polar surface area (TPSA) is 73.2 Å². The predicted octanol–water partition coefficient (Wildman–Crippen LogP) is 2.71. The Kier molecular flexibility index (Phi) is 4.21. The molecule has 0 atom stereocenters. The number of esters is 1. The van der Waals surface area contributed by atoms with Gasteiger partial charge in [-0.3, -0.25) is 9.48 Å². The van der Waals surface area contributed by atoms with E-state index in [9.17, 15) is 9.59 Å². The van der Waals surface area contributed by atoms with Gasteiger partial charge in [0, 0.05) is 17.6 Å². The molecule has 0 aromatic carbocycles. The summed E-state index contributed by atoms with van der Waals surface area (Å²) in [6.07, 6.45) is 3.97. The van der Waals surface area contributed by atoms with E-state index < -0.39 is 5.97 Å². The van der Waals surface area contributed by atoms with Gasteiger partial charge in [0.25, 0.3) is 5.91 Å². The minimum atomic E-state index is -0.392. The van der Waals surface area contributed by atoms with E-state index in [4.69, 9.17) is 4.74 Å². The molecule has 0 fully saturated rings. The Hall–Kier alpha value is -2.15. The number of methoxy groups -OCH3 is 1. The second kappa shape index (κ2) is 6.16. The number of hydrogen-bond donors (Lipinski definition) is 1. The van der Waals surface area contributed by atoms with Gasteiger partial charge < -0.3 is 10.1 Å². The van der Waals surface area contributed by atoms with Crippen molar-refractivity contribution in [2.75, 3.05) is 12.4 Å². The van der Waals surface area contributed by atoms with Crippen LogP contribution < -0.4 is 5.32 Å². The van der Waals surface area contributed by atoms with Crippen LogP contribution in [0.4, 0.5) is 5.00 Å². The lowest BCUT2D eigenvalue weighted by Crippen LogP contribution is -2.15. The maximum absolute atomic E-state index is 12.4. The van der Waals surface area contributed by atoms with Crippen LogP contribution in [0.25, 0.3) is 0 Å². The van der Waals surface area contributed by atoms with Gasteiger partial charge in [0.05, 0.1) is 12.7 Å². The molecule has 2 heterocycles. The van der Waals surface area contributed by atoms with Crippen molar-refractivity contribution in [3.63, 3.8) is 0 Å². The second-order valence-corrected chi connectivity index (χ2v) is 6.76. The van der Waals surface area contributed by atoms with Gasteiger partial charge in [-0.05, 0) is 44.2 Å². The number of carbonyl (C=O) groups excluding carboxylic acids is 2. The Morgan fingerprint density at radius 1 is 1.35 bits per heavy atom. The number of aromatic nitrogens is 2. The average Bonchev–Trinajstić information content (AvgIpc) is 3.07. The lowest BCUT2D eigenvalue weighted by molar-refractivity contribution is 0.0601. The summed E-state index contributed by atoms with van der Waals surface area (Å²) in [4.78, 5) is 25.8. The summed E-state index contributed by atoms with van der Waals surface area (Å²) in [6.45, 7) is 1.88. The fourth-order valence-electron chi connectivity index (χ4n) is 2.81. The number of thiophene rings is 1. The third-order valence-corrected chi connectivity index (χ3v) is 5.34. The van der Waals surface area contributed by atoms with E-state index >= 15 is 0 Å². The molecule has 2 aromatic rings. The molecule has 3 rings (SSSR count). The van der Waals surface area contributed by atoms with Crippen molar-refractivity contribution in [2.45, 2.75) is 32.6 Å². The molecule has 23 heavy (non-hydrogen) atoms. The number of rotatable bonds is 3. The summed E-state index contributed by atoms with van der Waals surface area (Å²) >= 11 is 1.47. The SMILES string of the molecule is COC(=O)c1c(NC(=O)c2cc(C)n(C)n2)sc2c1CCCC2. The van der Waals surface area contributed by atoms with Crippen LogP contribution >= 0.6 is 11.3 Å².